The Morgan fingerprint density at radius 1 is 0.844 bits per heavy atom. The molecular formula is C57H56F3N9O7S. The number of amides is 3. The molecule has 5 atom stereocenters. The Balaban J connectivity index is 0.637. The van der Waals surface area contributed by atoms with E-state index in [1.165, 1.54) is 35.6 Å². The number of imide groups is 1. The summed E-state index contributed by atoms with van der Waals surface area (Å²) >= 11 is 1.37. The van der Waals surface area contributed by atoms with E-state index < -0.39 is 29.3 Å². The molecule has 0 bridgehead atoms. The van der Waals surface area contributed by atoms with Crippen molar-refractivity contribution in [1.82, 2.24) is 30.0 Å². The van der Waals surface area contributed by atoms with Gasteiger partial charge in [-0.25, -0.2) is 14.8 Å². The van der Waals surface area contributed by atoms with Gasteiger partial charge >= 0.3 is 12.1 Å². The van der Waals surface area contributed by atoms with E-state index in [1.54, 1.807) is 6.07 Å². The van der Waals surface area contributed by atoms with Gasteiger partial charge in [0, 0.05) is 81.5 Å². The molecule has 7 aromatic rings. The van der Waals surface area contributed by atoms with Crippen LogP contribution in [0.15, 0.2) is 91.0 Å². The van der Waals surface area contributed by atoms with Crippen molar-refractivity contribution in [2.45, 2.75) is 75.8 Å². The number of benzene rings is 4. The van der Waals surface area contributed by atoms with Crippen molar-refractivity contribution in [1.29, 1.82) is 0 Å². The number of aryl methyl sites for hydroxylation is 1. The Bertz CT molecular complexity index is 3420. The van der Waals surface area contributed by atoms with Crippen LogP contribution in [0.3, 0.4) is 0 Å². The first-order chi connectivity index (χ1) is 37.2. The van der Waals surface area contributed by atoms with Crippen LogP contribution in [0.1, 0.15) is 87.7 Å². The molecule has 2 aliphatic carbocycles. The number of alkyl halides is 3. The molecule has 20 heteroatoms. The molecule has 4 aromatic carbocycles. The highest BCUT2D eigenvalue weighted by molar-refractivity contribution is 7.22. The second-order valence-electron chi connectivity index (χ2n) is 20.9. The fraction of sp³-hybridized carbons (Fsp3) is 0.386. The van der Waals surface area contributed by atoms with Gasteiger partial charge in [0.05, 0.1) is 51.7 Å². The molecule has 398 valence electrons. The summed E-state index contributed by atoms with van der Waals surface area (Å²) < 4.78 is 60.2. The molecule has 2 saturated heterocycles. The van der Waals surface area contributed by atoms with Gasteiger partial charge in [-0.15, -0.1) is 0 Å². The Morgan fingerprint density at radius 2 is 1.62 bits per heavy atom. The van der Waals surface area contributed by atoms with Crippen LogP contribution in [0.5, 0.6) is 5.75 Å². The fourth-order valence-corrected chi connectivity index (χ4v) is 13.2. The fourth-order valence-electron chi connectivity index (χ4n) is 12.3. The first kappa shape index (κ1) is 50.4. The zero-order valence-corrected chi connectivity index (χ0v) is 43.0. The summed E-state index contributed by atoms with van der Waals surface area (Å²) in [4.78, 5) is 66.3. The summed E-state index contributed by atoms with van der Waals surface area (Å²) in [5.74, 6) is -1.76. The molecule has 2 saturated carbocycles. The topological polar surface area (TPSA) is 184 Å². The van der Waals surface area contributed by atoms with Gasteiger partial charge in [-0.3, -0.25) is 34.6 Å². The Kier molecular flexibility index (Phi) is 13.4. The molecule has 16 nitrogen and oxygen atoms in total. The lowest BCUT2D eigenvalue weighted by molar-refractivity contribution is -0.137. The number of aromatic nitrogens is 4. The van der Waals surface area contributed by atoms with Crippen LogP contribution in [0.4, 0.5) is 29.8 Å². The molecule has 0 radical (unpaired) electrons. The Hall–Kier alpha value is -7.42. The van der Waals surface area contributed by atoms with Crippen LogP contribution in [0, 0.1) is 11.8 Å². The predicted octanol–water partition coefficient (Wildman–Crippen LogP) is 9.07. The molecule has 77 heavy (non-hydrogen) atoms. The van der Waals surface area contributed by atoms with Crippen molar-refractivity contribution in [2.24, 2.45) is 18.9 Å². The van der Waals surface area contributed by atoms with Crippen LogP contribution in [-0.2, 0) is 40.5 Å². The van der Waals surface area contributed by atoms with E-state index in [0.29, 0.717) is 73.5 Å². The second-order valence-corrected chi connectivity index (χ2v) is 21.9. The number of para-hydroxylation sites is 1. The number of carbonyl (C=O) groups is 4. The lowest BCUT2D eigenvalue weighted by Gasteiger charge is -2.36. The summed E-state index contributed by atoms with van der Waals surface area (Å²) in [6.07, 6.45) is -0.505. The number of carbonyl (C=O) groups excluding carboxylic acids is 3. The molecule has 4 fully saturated rings. The van der Waals surface area contributed by atoms with Crippen LogP contribution in [0.2, 0.25) is 0 Å². The molecular weight excluding hydrogens is 1010 g/mol. The average Bonchev–Trinajstić information content (AvgIpc) is 4.26. The van der Waals surface area contributed by atoms with Gasteiger partial charge in [0.15, 0.2) is 10.8 Å². The van der Waals surface area contributed by atoms with E-state index in [9.17, 15) is 37.5 Å². The first-order valence-electron chi connectivity index (χ1n) is 26.2. The van der Waals surface area contributed by atoms with Crippen molar-refractivity contribution in [3.8, 4) is 16.9 Å². The van der Waals surface area contributed by atoms with Crippen molar-refractivity contribution in [2.75, 3.05) is 61.0 Å². The number of hydrogen-bond acceptors (Lipinski definition) is 13. The van der Waals surface area contributed by atoms with E-state index in [1.807, 2.05) is 59.1 Å². The minimum absolute atomic E-state index is 0.0757. The molecule has 6 heterocycles. The number of carboxylic acid groups (broad SMARTS) is 1. The van der Waals surface area contributed by atoms with Crippen molar-refractivity contribution in [3.63, 3.8) is 0 Å². The van der Waals surface area contributed by atoms with Crippen LogP contribution in [0.25, 0.3) is 32.2 Å². The molecule has 12 rings (SSSR count). The lowest BCUT2D eigenvalue weighted by atomic mass is 9.93. The minimum Gasteiger partial charge on any atom is -0.490 e. The van der Waals surface area contributed by atoms with Crippen molar-refractivity contribution >= 4 is 72.8 Å². The normalized spacial score (nSPS) is 21.8. The molecule has 3 amide bonds. The third kappa shape index (κ3) is 10.2. The summed E-state index contributed by atoms with van der Waals surface area (Å²) in [6, 6.07) is 26.0. The maximum Gasteiger partial charge on any atom is 0.417 e. The number of halogens is 3. The van der Waals surface area contributed by atoms with E-state index in [-0.39, 0.29) is 59.2 Å². The monoisotopic (exact) mass is 1070 g/mol. The smallest absolute Gasteiger partial charge is 0.417 e. The highest BCUT2D eigenvalue weighted by Crippen LogP contribution is 2.47. The molecule has 5 aliphatic rings. The zero-order valence-electron chi connectivity index (χ0n) is 42.2. The highest BCUT2D eigenvalue weighted by Gasteiger charge is 2.44. The SMILES string of the molecule is Cn1nc(C2CCC(=O)NC2=O)c2ccc(N3CCN(CCOC4C[C@@H]5CC(Oc6ccc(-c7ccc(N8CCc9cccc(C(=O)Nc%10nc%11ccccc%11s%10)c9C8)nc7C(=O)O)c(C(F)(F)F)c6)C[C@@H]5C4)CC3)cc21. The number of rotatable bonds is 13. The van der Waals surface area contributed by atoms with Gasteiger partial charge in [-0.2, -0.15) is 18.3 Å². The summed E-state index contributed by atoms with van der Waals surface area (Å²) in [5, 5.41) is 21.8. The molecule has 3 unspecified atom stereocenters. The summed E-state index contributed by atoms with van der Waals surface area (Å²) in [7, 11) is 1.88. The average molecular weight is 1070 g/mol. The summed E-state index contributed by atoms with van der Waals surface area (Å²) in [6.45, 7) is 5.59. The number of ether oxygens (including phenoxy) is 2. The van der Waals surface area contributed by atoms with E-state index in [0.717, 1.165) is 89.6 Å². The van der Waals surface area contributed by atoms with Gasteiger partial charge < -0.3 is 24.4 Å². The molecule has 3 N–H and O–H groups in total. The quantitative estimate of drug-likeness (QED) is 0.0931. The number of piperidine rings is 1. The number of piperazine rings is 1. The number of hydrogen-bond donors (Lipinski definition) is 3. The maximum absolute atomic E-state index is 14.9. The predicted molar refractivity (Wildman–Crippen MR) is 284 cm³/mol. The number of pyridine rings is 1. The molecule has 3 aromatic heterocycles. The van der Waals surface area contributed by atoms with E-state index in [4.69, 9.17) is 9.47 Å². The third-order valence-corrected chi connectivity index (χ3v) is 17.1. The van der Waals surface area contributed by atoms with Crippen LogP contribution in [-0.4, -0.2) is 112 Å². The highest BCUT2D eigenvalue weighted by atomic mass is 32.1. The molecule has 3 aliphatic heterocycles. The van der Waals surface area contributed by atoms with E-state index in [2.05, 4.69) is 47.6 Å². The van der Waals surface area contributed by atoms with Gasteiger partial charge in [0.1, 0.15) is 11.6 Å². The number of nitrogens with one attached hydrogen (secondary N) is 2. The lowest BCUT2D eigenvalue weighted by Crippen LogP contribution is -2.47. The molecule has 0 spiro atoms. The Morgan fingerprint density at radius 3 is 2.39 bits per heavy atom. The maximum atomic E-state index is 14.9. The van der Waals surface area contributed by atoms with Gasteiger partial charge in [0.25, 0.3) is 5.91 Å². The van der Waals surface area contributed by atoms with Crippen LogP contribution < -0.4 is 25.2 Å². The number of fused-ring (bicyclic) bond motifs is 4. The van der Waals surface area contributed by atoms with Crippen molar-refractivity contribution in [3.05, 3.63) is 125 Å². The standard InChI is InChI=1S/C57H56F3N9O7S/c1-66-47-29-35(9-11-42(47)51(65-66)43-14-16-50(70)63-54(43)72)68-21-19-67(20-22-68)23-24-75-37-25-33-27-38(28-34(33)26-37)76-36-10-12-39(45(30-36)57(58,59)60)40-13-15-49(62-52(40)55(73)74)69-18-17-32-5-4-6-41(44(32)31-69)53(71)64-56-61-46-7-2-3-8-48(46)77-56/h2-13,15,29-30,33-34,37-38,43H,14,16-28,31H2,1H3,(H,73,74)(H,61,64,71)(H,63,70,72)/t33-,34+,37?,38?,43?. The van der Waals surface area contributed by atoms with Gasteiger partial charge in [0.2, 0.25) is 11.8 Å². The third-order valence-electron chi connectivity index (χ3n) is 16.2. The zero-order chi connectivity index (χ0) is 53.1. The number of nitrogens with zero attached hydrogens (tertiary/aromatic N) is 7. The largest absolute Gasteiger partial charge is 0.490 e. The van der Waals surface area contributed by atoms with Crippen molar-refractivity contribution < 1.29 is 46.9 Å². The number of aromatic carboxylic acids is 1. The Labute approximate surface area is 445 Å². The number of thiazole rings is 1. The number of carboxylic acids is 1. The number of anilines is 3. The van der Waals surface area contributed by atoms with Crippen LogP contribution >= 0.6 is 11.3 Å². The van der Waals surface area contributed by atoms with E-state index >= 15 is 0 Å². The minimum atomic E-state index is -4.82. The van der Waals surface area contributed by atoms with Gasteiger partial charge in [-0.05, 0) is 128 Å². The summed E-state index contributed by atoms with van der Waals surface area (Å²) in [5.41, 5.74) is 3.67. The first-order valence-corrected chi connectivity index (χ1v) is 27.0. The second kappa shape index (κ2) is 20.5. The van der Waals surface area contributed by atoms with Gasteiger partial charge in [-0.1, -0.05) is 41.7 Å².